The van der Waals surface area contributed by atoms with Crippen molar-refractivity contribution in [3.63, 3.8) is 0 Å². The molecule has 2 amide bonds. The van der Waals surface area contributed by atoms with Crippen LogP contribution in [-0.2, 0) is 16.0 Å². The molecule has 0 unspecified atom stereocenters. The van der Waals surface area contributed by atoms with Gasteiger partial charge in [-0.1, -0.05) is 42.5 Å². The zero-order chi connectivity index (χ0) is 17.8. The second-order valence-corrected chi connectivity index (χ2v) is 6.34. The summed E-state index contributed by atoms with van der Waals surface area (Å²) in [6.45, 7) is 0.459. The van der Waals surface area contributed by atoms with E-state index in [1.807, 2.05) is 30.3 Å². The van der Waals surface area contributed by atoms with Crippen molar-refractivity contribution in [3.8, 4) is 0 Å². The van der Waals surface area contributed by atoms with Gasteiger partial charge in [0.05, 0.1) is 12.0 Å². The second-order valence-electron chi connectivity index (χ2n) is 6.34. The molecule has 3 rings (SSSR count). The maximum absolute atomic E-state index is 12.9. The predicted octanol–water partition coefficient (Wildman–Crippen LogP) is 2.70. The van der Waals surface area contributed by atoms with E-state index in [1.54, 1.807) is 24.1 Å². The van der Waals surface area contributed by atoms with Crippen LogP contribution in [0.2, 0.25) is 0 Å². The van der Waals surface area contributed by atoms with Gasteiger partial charge in [0.1, 0.15) is 5.82 Å². The zero-order valence-corrected chi connectivity index (χ0v) is 14.1. The molecule has 0 aliphatic carbocycles. The van der Waals surface area contributed by atoms with E-state index >= 15 is 0 Å². The van der Waals surface area contributed by atoms with Crippen LogP contribution in [0.1, 0.15) is 23.6 Å². The Bertz CT molecular complexity index is 746. The Hall–Kier alpha value is -2.69. The quantitative estimate of drug-likeness (QED) is 0.910. The maximum Gasteiger partial charge on any atom is 0.226 e. The first kappa shape index (κ1) is 17.1. The van der Waals surface area contributed by atoms with Crippen molar-refractivity contribution in [3.05, 3.63) is 71.5 Å². The number of hydrogen-bond acceptors (Lipinski definition) is 2. The van der Waals surface area contributed by atoms with Crippen molar-refractivity contribution >= 4 is 11.8 Å². The lowest BCUT2D eigenvalue weighted by atomic mass is 9.93. The molecule has 4 nitrogen and oxygen atoms in total. The number of amides is 2. The van der Waals surface area contributed by atoms with Gasteiger partial charge in [-0.15, -0.1) is 0 Å². The van der Waals surface area contributed by atoms with Gasteiger partial charge in [0.2, 0.25) is 11.8 Å². The minimum absolute atomic E-state index is 0.0208. The normalized spacial score (nSPS) is 19.9. The van der Waals surface area contributed by atoms with Gasteiger partial charge in [-0.2, -0.15) is 0 Å². The fourth-order valence-electron chi connectivity index (χ4n) is 3.32. The summed E-state index contributed by atoms with van der Waals surface area (Å²) in [6, 6.07) is 15.6. The number of carbonyl (C=O) groups excluding carboxylic acids is 2. The van der Waals surface area contributed by atoms with Crippen LogP contribution in [-0.4, -0.2) is 30.3 Å². The molecule has 2 aromatic rings. The standard InChI is InChI=1S/C20H21FN2O2/c1-23-18(24)13-17(19(23)15-5-3-2-4-6-15)20(25)22-12-11-14-7-9-16(21)10-8-14/h2-10,17,19H,11-13H2,1H3,(H,22,25)/t17-,19-/m0/s1. The Kier molecular flexibility index (Phi) is 5.12. The van der Waals surface area contributed by atoms with E-state index in [4.69, 9.17) is 0 Å². The number of rotatable bonds is 5. The van der Waals surface area contributed by atoms with E-state index in [2.05, 4.69) is 5.32 Å². The van der Waals surface area contributed by atoms with Gasteiger partial charge in [0, 0.05) is 20.0 Å². The van der Waals surface area contributed by atoms with E-state index in [-0.39, 0.29) is 30.1 Å². The van der Waals surface area contributed by atoms with Crippen LogP contribution in [0.4, 0.5) is 4.39 Å². The molecule has 1 heterocycles. The molecule has 1 aliphatic rings. The first-order valence-electron chi connectivity index (χ1n) is 8.39. The highest BCUT2D eigenvalue weighted by Gasteiger charge is 2.42. The third-order valence-corrected chi connectivity index (χ3v) is 4.69. The molecule has 130 valence electrons. The largest absolute Gasteiger partial charge is 0.355 e. The number of likely N-dealkylation sites (tertiary alicyclic amines) is 1. The predicted molar refractivity (Wildman–Crippen MR) is 93.2 cm³/mol. The lowest BCUT2D eigenvalue weighted by Crippen LogP contribution is -2.35. The van der Waals surface area contributed by atoms with E-state index < -0.39 is 5.92 Å². The van der Waals surface area contributed by atoms with Crippen molar-refractivity contribution in [1.29, 1.82) is 0 Å². The molecule has 5 heteroatoms. The Morgan fingerprint density at radius 1 is 1.16 bits per heavy atom. The van der Waals surface area contributed by atoms with Gasteiger partial charge in [-0.3, -0.25) is 9.59 Å². The Morgan fingerprint density at radius 2 is 1.84 bits per heavy atom. The average Bonchev–Trinajstić information content (AvgIpc) is 2.92. The topological polar surface area (TPSA) is 49.4 Å². The van der Waals surface area contributed by atoms with Crippen LogP contribution in [0.3, 0.4) is 0 Å². The zero-order valence-electron chi connectivity index (χ0n) is 14.1. The van der Waals surface area contributed by atoms with Crippen molar-refractivity contribution in [2.45, 2.75) is 18.9 Å². The molecular formula is C20H21FN2O2. The van der Waals surface area contributed by atoms with E-state index in [9.17, 15) is 14.0 Å². The minimum Gasteiger partial charge on any atom is -0.355 e. The molecule has 0 aromatic heterocycles. The number of nitrogens with zero attached hydrogens (tertiary/aromatic N) is 1. The van der Waals surface area contributed by atoms with Gasteiger partial charge in [-0.05, 0) is 29.7 Å². The van der Waals surface area contributed by atoms with Crippen molar-refractivity contribution < 1.29 is 14.0 Å². The van der Waals surface area contributed by atoms with Crippen LogP contribution in [0, 0.1) is 11.7 Å². The number of carbonyl (C=O) groups is 2. The number of nitrogens with one attached hydrogen (secondary N) is 1. The van der Waals surface area contributed by atoms with Crippen molar-refractivity contribution in [2.24, 2.45) is 5.92 Å². The average molecular weight is 340 g/mol. The summed E-state index contributed by atoms with van der Waals surface area (Å²) in [6.07, 6.45) is 0.844. The highest BCUT2D eigenvalue weighted by molar-refractivity contribution is 5.90. The molecule has 2 aromatic carbocycles. The van der Waals surface area contributed by atoms with Crippen LogP contribution in [0.15, 0.2) is 54.6 Å². The third kappa shape index (κ3) is 3.87. The fourth-order valence-corrected chi connectivity index (χ4v) is 3.32. The van der Waals surface area contributed by atoms with Crippen molar-refractivity contribution in [1.82, 2.24) is 10.2 Å². The molecule has 0 spiro atoms. The number of hydrogen-bond donors (Lipinski definition) is 1. The summed E-state index contributed by atoms with van der Waals surface area (Å²) in [5.74, 6) is -0.805. The monoisotopic (exact) mass is 340 g/mol. The Balaban J connectivity index is 1.63. The SMILES string of the molecule is CN1C(=O)C[C@H](C(=O)NCCc2ccc(F)cc2)[C@@H]1c1ccccc1. The van der Waals surface area contributed by atoms with Gasteiger partial charge in [0.15, 0.2) is 0 Å². The first-order chi connectivity index (χ1) is 12.1. The molecule has 0 bridgehead atoms. The molecule has 0 radical (unpaired) electrons. The van der Waals surface area contributed by atoms with E-state index in [1.165, 1.54) is 12.1 Å². The summed E-state index contributed by atoms with van der Waals surface area (Å²) in [5.41, 5.74) is 1.93. The number of halogens is 1. The molecule has 1 N–H and O–H groups in total. The summed E-state index contributed by atoms with van der Waals surface area (Å²) in [5, 5.41) is 2.92. The van der Waals surface area contributed by atoms with E-state index in [0.29, 0.717) is 13.0 Å². The van der Waals surface area contributed by atoms with Gasteiger partial charge in [-0.25, -0.2) is 4.39 Å². The van der Waals surface area contributed by atoms with Crippen LogP contribution in [0.5, 0.6) is 0 Å². The molecule has 1 fully saturated rings. The Morgan fingerprint density at radius 3 is 2.52 bits per heavy atom. The summed E-state index contributed by atoms with van der Waals surface area (Å²) in [7, 11) is 1.74. The smallest absolute Gasteiger partial charge is 0.226 e. The Labute approximate surface area is 146 Å². The molecule has 1 saturated heterocycles. The first-order valence-corrected chi connectivity index (χ1v) is 8.39. The van der Waals surface area contributed by atoms with Crippen molar-refractivity contribution in [2.75, 3.05) is 13.6 Å². The second kappa shape index (κ2) is 7.47. The van der Waals surface area contributed by atoms with Gasteiger partial charge in [0.25, 0.3) is 0 Å². The molecule has 25 heavy (non-hydrogen) atoms. The highest BCUT2D eigenvalue weighted by Crippen LogP contribution is 2.36. The molecular weight excluding hydrogens is 319 g/mol. The van der Waals surface area contributed by atoms with Gasteiger partial charge >= 0.3 is 0 Å². The van der Waals surface area contributed by atoms with E-state index in [0.717, 1.165) is 11.1 Å². The highest BCUT2D eigenvalue weighted by atomic mass is 19.1. The van der Waals surface area contributed by atoms with Gasteiger partial charge < -0.3 is 10.2 Å². The van der Waals surface area contributed by atoms with Crippen LogP contribution in [0.25, 0.3) is 0 Å². The molecule has 0 saturated carbocycles. The molecule has 2 atom stereocenters. The third-order valence-electron chi connectivity index (χ3n) is 4.69. The van der Waals surface area contributed by atoms with Crippen LogP contribution < -0.4 is 5.32 Å². The summed E-state index contributed by atoms with van der Waals surface area (Å²) >= 11 is 0. The summed E-state index contributed by atoms with van der Waals surface area (Å²) in [4.78, 5) is 26.4. The molecule has 1 aliphatic heterocycles. The van der Waals surface area contributed by atoms with Crippen LogP contribution >= 0.6 is 0 Å². The summed E-state index contributed by atoms with van der Waals surface area (Å²) < 4.78 is 12.9. The minimum atomic E-state index is -0.395. The number of benzene rings is 2. The fraction of sp³-hybridized carbons (Fsp3) is 0.300. The lowest BCUT2D eigenvalue weighted by Gasteiger charge is -2.24. The lowest BCUT2D eigenvalue weighted by molar-refractivity contribution is -0.128. The maximum atomic E-state index is 12.9.